The molecule has 0 spiro atoms. The Bertz CT molecular complexity index is 911. The number of nitro groups is 1. The lowest BCUT2D eigenvalue weighted by Gasteiger charge is -2.12. The zero-order valence-electron chi connectivity index (χ0n) is 15.0. The summed E-state index contributed by atoms with van der Waals surface area (Å²) >= 11 is 3.34. The number of amides is 1. The Kier molecular flexibility index (Phi) is 7.28. The first-order valence-corrected chi connectivity index (χ1v) is 8.87. The van der Waals surface area contributed by atoms with Crippen LogP contribution in [0.5, 0.6) is 5.75 Å². The van der Waals surface area contributed by atoms with Crippen LogP contribution in [0.1, 0.15) is 12.5 Å². The number of halogens is 1. The fourth-order valence-electron chi connectivity index (χ4n) is 2.17. The number of esters is 1. The van der Waals surface area contributed by atoms with E-state index in [1.54, 1.807) is 18.2 Å². The topological polar surface area (TPSA) is 108 Å². The number of nitro benzene ring substituents is 1. The van der Waals surface area contributed by atoms with Gasteiger partial charge in [0, 0.05) is 33.9 Å². The van der Waals surface area contributed by atoms with Gasteiger partial charge in [0.15, 0.2) is 6.10 Å². The van der Waals surface area contributed by atoms with Gasteiger partial charge < -0.3 is 14.8 Å². The number of methoxy groups -OCH3 is 1. The van der Waals surface area contributed by atoms with Gasteiger partial charge in [-0.3, -0.25) is 14.9 Å². The van der Waals surface area contributed by atoms with Gasteiger partial charge in [-0.2, -0.15) is 0 Å². The number of benzene rings is 2. The molecule has 2 aromatic carbocycles. The van der Waals surface area contributed by atoms with E-state index in [4.69, 9.17) is 9.47 Å². The summed E-state index contributed by atoms with van der Waals surface area (Å²) in [6, 6.07) is 10.6. The van der Waals surface area contributed by atoms with Crippen LogP contribution in [-0.4, -0.2) is 30.0 Å². The quantitative estimate of drug-likeness (QED) is 0.297. The average molecular weight is 449 g/mol. The number of nitrogens with zero attached hydrogens (tertiary/aromatic N) is 1. The van der Waals surface area contributed by atoms with E-state index in [0.29, 0.717) is 17.0 Å². The van der Waals surface area contributed by atoms with Crippen LogP contribution in [0.4, 0.5) is 11.4 Å². The van der Waals surface area contributed by atoms with E-state index in [0.717, 1.165) is 4.47 Å². The highest BCUT2D eigenvalue weighted by Gasteiger charge is 2.17. The molecular weight excluding hydrogens is 432 g/mol. The number of ether oxygens (including phenoxy) is 2. The molecular formula is C19H17BrN2O6. The highest BCUT2D eigenvalue weighted by molar-refractivity contribution is 9.10. The van der Waals surface area contributed by atoms with Crippen LogP contribution in [0, 0.1) is 10.1 Å². The summed E-state index contributed by atoms with van der Waals surface area (Å²) in [4.78, 5) is 34.2. The minimum atomic E-state index is -1.06. The SMILES string of the molecule is COc1ccc(Br)cc1/C=C/C(=O)OC(C)C(=O)Nc1ccc([N+](=O)[O-])cc1. The molecule has 8 nitrogen and oxygen atoms in total. The van der Waals surface area contributed by atoms with Gasteiger partial charge in [0.05, 0.1) is 12.0 Å². The molecule has 1 atom stereocenters. The molecule has 0 saturated heterocycles. The molecule has 0 aliphatic rings. The number of rotatable bonds is 7. The van der Waals surface area contributed by atoms with Crippen LogP contribution in [0.3, 0.4) is 0 Å². The van der Waals surface area contributed by atoms with Crippen LogP contribution in [0.2, 0.25) is 0 Å². The molecule has 0 radical (unpaired) electrons. The molecule has 2 aromatic rings. The molecule has 0 aliphatic heterocycles. The lowest BCUT2D eigenvalue weighted by atomic mass is 10.2. The third-order valence-electron chi connectivity index (χ3n) is 3.60. The van der Waals surface area contributed by atoms with Crippen molar-refractivity contribution >= 4 is 45.3 Å². The van der Waals surface area contributed by atoms with E-state index in [1.165, 1.54) is 50.5 Å². The first-order chi connectivity index (χ1) is 13.3. The second-order valence-electron chi connectivity index (χ2n) is 5.59. The van der Waals surface area contributed by atoms with Crippen LogP contribution in [0.25, 0.3) is 6.08 Å². The predicted molar refractivity (Wildman–Crippen MR) is 107 cm³/mol. The molecule has 146 valence electrons. The number of hydrogen-bond donors (Lipinski definition) is 1. The Morgan fingerprint density at radius 3 is 2.50 bits per heavy atom. The van der Waals surface area contributed by atoms with E-state index in [2.05, 4.69) is 21.2 Å². The molecule has 0 aliphatic carbocycles. The van der Waals surface area contributed by atoms with Crippen molar-refractivity contribution in [2.75, 3.05) is 12.4 Å². The molecule has 1 N–H and O–H groups in total. The van der Waals surface area contributed by atoms with E-state index in [-0.39, 0.29) is 5.69 Å². The molecule has 0 bridgehead atoms. The van der Waals surface area contributed by atoms with Gasteiger partial charge in [-0.05, 0) is 43.3 Å². The number of hydrogen-bond acceptors (Lipinski definition) is 6. The highest BCUT2D eigenvalue weighted by atomic mass is 79.9. The first kappa shape index (κ1) is 21.1. The summed E-state index contributed by atoms with van der Waals surface area (Å²) in [6.45, 7) is 1.42. The first-order valence-electron chi connectivity index (χ1n) is 8.07. The van der Waals surface area contributed by atoms with Gasteiger partial charge in [0.1, 0.15) is 5.75 Å². The van der Waals surface area contributed by atoms with Crippen molar-refractivity contribution in [3.8, 4) is 5.75 Å². The van der Waals surface area contributed by atoms with Crippen molar-refractivity contribution in [2.45, 2.75) is 13.0 Å². The molecule has 0 aromatic heterocycles. The van der Waals surface area contributed by atoms with Gasteiger partial charge >= 0.3 is 5.97 Å². The smallest absolute Gasteiger partial charge is 0.331 e. The Balaban J connectivity index is 1.95. The van der Waals surface area contributed by atoms with Gasteiger partial charge in [0.25, 0.3) is 11.6 Å². The van der Waals surface area contributed by atoms with E-state index >= 15 is 0 Å². The van der Waals surface area contributed by atoms with Crippen LogP contribution in [-0.2, 0) is 14.3 Å². The van der Waals surface area contributed by atoms with E-state index < -0.39 is 22.9 Å². The van der Waals surface area contributed by atoms with Crippen LogP contribution in [0.15, 0.2) is 53.0 Å². The standard InChI is InChI=1S/C19H17BrN2O6/c1-12(19(24)21-15-5-7-16(8-6-15)22(25)26)28-18(23)10-3-13-11-14(20)4-9-17(13)27-2/h3-12H,1-2H3,(H,21,24)/b10-3+. The zero-order chi connectivity index (χ0) is 20.7. The summed E-state index contributed by atoms with van der Waals surface area (Å²) in [6.07, 6.45) is 1.66. The third kappa shape index (κ3) is 5.92. The lowest BCUT2D eigenvalue weighted by Crippen LogP contribution is -2.29. The maximum absolute atomic E-state index is 12.1. The molecule has 0 fully saturated rings. The molecule has 0 heterocycles. The third-order valence-corrected chi connectivity index (χ3v) is 4.09. The van der Waals surface area contributed by atoms with Gasteiger partial charge in [-0.25, -0.2) is 4.79 Å². The van der Waals surface area contributed by atoms with E-state index in [9.17, 15) is 19.7 Å². The average Bonchev–Trinajstić information content (AvgIpc) is 2.66. The molecule has 28 heavy (non-hydrogen) atoms. The Labute approximate surface area is 169 Å². The fourth-order valence-corrected chi connectivity index (χ4v) is 2.55. The van der Waals surface area contributed by atoms with Gasteiger partial charge in [0.2, 0.25) is 0 Å². The summed E-state index contributed by atoms with van der Waals surface area (Å²) in [5, 5.41) is 13.2. The second kappa shape index (κ2) is 9.65. The van der Waals surface area contributed by atoms with Crippen molar-refractivity contribution in [1.82, 2.24) is 0 Å². The minimum Gasteiger partial charge on any atom is -0.496 e. The summed E-state index contributed by atoms with van der Waals surface area (Å²) in [7, 11) is 1.52. The maximum atomic E-state index is 12.1. The monoisotopic (exact) mass is 448 g/mol. The highest BCUT2D eigenvalue weighted by Crippen LogP contribution is 2.24. The number of non-ortho nitro benzene ring substituents is 1. The number of nitrogens with one attached hydrogen (secondary N) is 1. The van der Waals surface area contributed by atoms with Crippen molar-refractivity contribution in [1.29, 1.82) is 0 Å². The predicted octanol–water partition coefficient (Wildman–Crippen LogP) is 3.95. The summed E-state index contributed by atoms with van der Waals surface area (Å²) in [5.74, 6) is -0.680. The zero-order valence-corrected chi connectivity index (χ0v) is 16.6. The molecule has 0 saturated carbocycles. The normalized spacial score (nSPS) is 11.7. The fraction of sp³-hybridized carbons (Fsp3) is 0.158. The van der Waals surface area contributed by atoms with Crippen molar-refractivity contribution in [3.63, 3.8) is 0 Å². The maximum Gasteiger partial charge on any atom is 0.331 e. The number of carbonyl (C=O) groups excluding carboxylic acids is 2. The Morgan fingerprint density at radius 2 is 1.89 bits per heavy atom. The summed E-state index contributed by atoms with van der Waals surface area (Å²) < 4.78 is 11.1. The summed E-state index contributed by atoms with van der Waals surface area (Å²) in [5.41, 5.74) is 0.926. The largest absolute Gasteiger partial charge is 0.496 e. The number of carbonyl (C=O) groups is 2. The molecule has 1 unspecified atom stereocenters. The lowest BCUT2D eigenvalue weighted by molar-refractivity contribution is -0.384. The Morgan fingerprint density at radius 1 is 1.21 bits per heavy atom. The Hall–Kier alpha value is -3.20. The van der Waals surface area contributed by atoms with Gasteiger partial charge in [-0.1, -0.05) is 15.9 Å². The van der Waals surface area contributed by atoms with Crippen LogP contribution >= 0.6 is 15.9 Å². The van der Waals surface area contributed by atoms with Crippen molar-refractivity contribution < 1.29 is 24.0 Å². The van der Waals surface area contributed by atoms with E-state index in [1.807, 2.05) is 0 Å². The molecule has 9 heteroatoms. The number of anilines is 1. The molecule has 1 amide bonds. The minimum absolute atomic E-state index is 0.0920. The van der Waals surface area contributed by atoms with Crippen LogP contribution < -0.4 is 10.1 Å². The van der Waals surface area contributed by atoms with Gasteiger partial charge in [-0.15, -0.1) is 0 Å². The van der Waals surface area contributed by atoms with Crippen molar-refractivity contribution in [2.24, 2.45) is 0 Å². The second-order valence-corrected chi connectivity index (χ2v) is 6.51. The van der Waals surface area contributed by atoms with Crippen molar-refractivity contribution in [3.05, 3.63) is 68.7 Å². The molecule has 2 rings (SSSR count).